The second-order valence-corrected chi connectivity index (χ2v) is 5.55. The van der Waals surface area contributed by atoms with Crippen molar-refractivity contribution in [3.05, 3.63) is 11.5 Å². The van der Waals surface area contributed by atoms with Crippen molar-refractivity contribution in [3.8, 4) is 0 Å². The molecule has 0 spiro atoms. The van der Waals surface area contributed by atoms with E-state index in [9.17, 15) is 4.39 Å². The van der Waals surface area contributed by atoms with E-state index >= 15 is 0 Å². The smallest absolute Gasteiger partial charge is 0.188 e. The van der Waals surface area contributed by atoms with Gasteiger partial charge >= 0.3 is 0 Å². The van der Waals surface area contributed by atoms with Crippen LogP contribution in [0.25, 0.3) is 0 Å². The van der Waals surface area contributed by atoms with Gasteiger partial charge in [0.15, 0.2) is 11.6 Å². The molecule has 2 N–H and O–H groups in total. The predicted molar refractivity (Wildman–Crippen MR) is 60.1 cm³/mol. The Kier molecular flexibility index (Phi) is 2.58. The van der Waals surface area contributed by atoms with E-state index in [1.54, 1.807) is 7.05 Å². The average molecular weight is 213 g/mol. The van der Waals surface area contributed by atoms with Crippen LogP contribution in [0.3, 0.4) is 0 Å². The maximum absolute atomic E-state index is 13.8. The maximum Gasteiger partial charge on any atom is 0.188 e. The number of aryl methyl sites for hydroxylation is 1. The Balaban J connectivity index is 3.34. The number of rotatable bonds is 1. The van der Waals surface area contributed by atoms with Crippen LogP contribution in [0, 0.1) is 11.2 Å². The van der Waals surface area contributed by atoms with E-state index in [1.165, 1.54) is 4.68 Å². The number of hydrogen-bond acceptors (Lipinski definition) is 2. The molecule has 0 aliphatic rings. The summed E-state index contributed by atoms with van der Waals surface area (Å²) < 4.78 is 15.2. The summed E-state index contributed by atoms with van der Waals surface area (Å²) in [7, 11) is 1.65. The van der Waals surface area contributed by atoms with Gasteiger partial charge in [-0.1, -0.05) is 34.6 Å². The van der Waals surface area contributed by atoms with Crippen LogP contribution in [0.2, 0.25) is 0 Å². The predicted octanol–water partition coefficient (Wildman–Crippen LogP) is 2.47. The highest BCUT2D eigenvalue weighted by atomic mass is 19.1. The molecule has 15 heavy (non-hydrogen) atoms. The van der Waals surface area contributed by atoms with Crippen LogP contribution in [0.15, 0.2) is 0 Å². The monoisotopic (exact) mass is 213 g/mol. The summed E-state index contributed by atoms with van der Waals surface area (Å²) in [6.45, 7) is 10.2. The average Bonchev–Trinajstić information content (AvgIpc) is 2.31. The van der Waals surface area contributed by atoms with Gasteiger partial charge in [0.1, 0.15) is 5.69 Å². The first-order valence-electron chi connectivity index (χ1n) is 5.07. The lowest BCUT2D eigenvalue weighted by Crippen LogP contribution is -2.35. The third-order valence-corrected chi connectivity index (χ3v) is 3.50. The minimum absolute atomic E-state index is 0.0748. The zero-order valence-corrected chi connectivity index (χ0v) is 10.3. The second kappa shape index (κ2) is 3.22. The van der Waals surface area contributed by atoms with Crippen molar-refractivity contribution in [2.75, 3.05) is 5.73 Å². The van der Waals surface area contributed by atoms with Crippen LogP contribution < -0.4 is 5.73 Å². The van der Waals surface area contributed by atoms with E-state index in [1.807, 2.05) is 13.8 Å². The number of nitrogens with zero attached hydrogens (tertiary/aromatic N) is 2. The number of halogens is 1. The van der Waals surface area contributed by atoms with Crippen molar-refractivity contribution in [1.29, 1.82) is 0 Å². The van der Waals surface area contributed by atoms with Crippen molar-refractivity contribution in [3.63, 3.8) is 0 Å². The first-order chi connectivity index (χ1) is 6.59. The summed E-state index contributed by atoms with van der Waals surface area (Å²) in [5.41, 5.74) is 5.58. The molecule has 0 unspecified atom stereocenters. The summed E-state index contributed by atoms with van der Waals surface area (Å²) in [4.78, 5) is 0. The molecule has 0 aliphatic heterocycles. The lowest BCUT2D eigenvalue weighted by molar-refractivity contribution is 0.212. The van der Waals surface area contributed by atoms with E-state index in [4.69, 9.17) is 5.73 Å². The van der Waals surface area contributed by atoms with Crippen LogP contribution in [-0.2, 0) is 12.5 Å². The number of hydrogen-bond donors (Lipinski definition) is 1. The summed E-state index contributed by atoms with van der Waals surface area (Å²) in [5, 5.41) is 4.16. The first kappa shape index (κ1) is 12.0. The van der Waals surface area contributed by atoms with E-state index in [0.717, 1.165) is 0 Å². The maximum atomic E-state index is 13.8. The number of aromatic nitrogens is 2. The van der Waals surface area contributed by atoms with Crippen LogP contribution in [0.5, 0.6) is 0 Å². The summed E-state index contributed by atoms with van der Waals surface area (Å²) in [6, 6.07) is 0. The molecular weight excluding hydrogens is 193 g/mol. The molecule has 0 radical (unpaired) electrons. The van der Waals surface area contributed by atoms with Gasteiger partial charge < -0.3 is 5.73 Å². The van der Waals surface area contributed by atoms with Crippen LogP contribution in [0.4, 0.5) is 10.2 Å². The fraction of sp³-hybridized carbons (Fsp3) is 0.727. The van der Waals surface area contributed by atoms with Crippen LogP contribution >= 0.6 is 0 Å². The fourth-order valence-corrected chi connectivity index (χ4v) is 1.27. The van der Waals surface area contributed by atoms with Gasteiger partial charge in [0.2, 0.25) is 0 Å². The Morgan fingerprint density at radius 1 is 1.20 bits per heavy atom. The Bertz CT molecular complexity index is 372. The summed E-state index contributed by atoms with van der Waals surface area (Å²) >= 11 is 0. The summed E-state index contributed by atoms with van der Waals surface area (Å²) in [5.74, 6) is -0.292. The van der Waals surface area contributed by atoms with Gasteiger partial charge in [0, 0.05) is 12.5 Å². The van der Waals surface area contributed by atoms with E-state index in [0.29, 0.717) is 5.69 Å². The zero-order valence-electron chi connectivity index (χ0n) is 10.3. The molecule has 4 heteroatoms. The minimum Gasteiger partial charge on any atom is -0.381 e. The van der Waals surface area contributed by atoms with Crippen molar-refractivity contribution in [2.24, 2.45) is 12.5 Å². The molecule has 0 saturated carbocycles. The van der Waals surface area contributed by atoms with Gasteiger partial charge in [0.05, 0.1) is 0 Å². The summed E-state index contributed by atoms with van der Waals surface area (Å²) in [6.07, 6.45) is 0. The minimum atomic E-state index is -0.391. The molecule has 0 aliphatic carbocycles. The SMILES string of the molecule is Cn1nc(C(C)(C)C(C)(C)C)c(F)c1N. The van der Waals surface area contributed by atoms with Gasteiger partial charge in [-0.05, 0) is 5.41 Å². The second-order valence-electron chi connectivity index (χ2n) is 5.55. The van der Waals surface area contributed by atoms with Gasteiger partial charge in [-0.25, -0.2) is 4.39 Å². The molecule has 3 nitrogen and oxygen atoms in total. The van der Waals surface area contributed by atoms with Crippen molar-refractivity contribution >= 4 is 5.82 Å². The third kappa shape index (κ3) is 1.73. The molecule has 1 aromatic heterocycles. The molecule has 86 valence electrons. The lowest BCUT2D eigenvalue weighted by Gasteiger charge is -2.37. The number of nitrogen functional groups attached to an aromatic ring is 1. The molecule has 1 aromatic rings. The van der Waals surface area contributed by atoms with Crippen molar-refractivity contribution in [1.82, 2.24) is 9.78 Å². The zero-order chi connectivity index (χ0) is 12.0. The molecular formula is C11H20FN3. The highest BCUT2D eigenvalue weighted by Gasteiger charge is 2.39. The van der Waals surface area contributed by atoms with Gasteiger partial charge in [-0.2, -0.15) is 5.10 Å². The standard InChI is InChI=1S/C11H20FN3/c1-10(2,3)11(4,5)8-7(12)9(13)15(6)14-8/h13H2,1-6H3. The van der Waals surface area contributed by atoms with Crippen molar-refractivity contribution in [2.45, 2.75) is 40.0 Å². The van der Waals surface area contributed by atoms with Crippen molar-refractivity contribution < 1.29 is 4.39 Å². The molecule has 1 heterocycles. The molecule has 0 saturated heterocycles. The highest BCUT2D eigenvalue weighted by Crippen LogP contribution is 2.41. The van der Waals surface area contributed by atoms with E-state index < -0.39 is 5.82 Å². The Morgan fingerprint density at radius 3 is 1.93 bits per heavy atom. The first-order valence-corrected chi connectivity index (χ1v) is 5.07. The normalized spacial score (nSPS) is 13.3. The molecule has 0 aromatic carbocycles. The molecule has 1 rings (SSSR count). The third-order valence-electron chi connectivity index (χ3n) is 3.50. The molecule has 0 fully saturated rings. The van der Waals surface area contributed by atoms with Crippen LogP contribution in [-0.4, -0.2) is 9.78 Å². The highest BCUT2D eigenvalue weighted by molar-refractivity contribution is 5.37. The Labute approximate surface area is 90.5 Å². The van der Waals surface area contributed by atoms with Gasteiger partial charge in [-0.3, -0.25) is 4.68 Å². The Morgan fingerprint density at radius 2 is 1.67 bits per heavy atom. The number of nitrogens with two attached hydrogens (primary N) is 1. The lowest BCUT2D eigenvalue weighted by atomic mass is 9.67. The number of anilines is 1. The largest absolute Gasteiger partial charge is 0.381 e. The Hall–Kier alpha value is -1.06. The van der Waals surface area contributed by atoms with Gasteiger partial charge in [-0.15, -0.1) is 0 Å². The topological polar surface area (TPSA) is 43.8 Å². The molecule has 0 atom stereocenters. The van der Waals surface area contributed by atoms with E-state index in [2.05, 4.69) is 25.9 Å². The fourth-order valence-electron chi connectivity index (χ4n) is 1.27. The van der Waals surface area contributed by atoms with E-state index in [-0.39, 0.29) is 16.6 Å². The van der Waals surface area contributed by atoms with Gasteiger partial charge in [0.25, 0.3) is 0 Å². The molecule has 0 amide bonds. The molecule has 0 bridgehead atoms. The quantitative estimate of drug-likeness (QED) is 0.778. The van der Waals surface area contributed by atoms with Crippen LogP contribution in [0.1, 0.15) is 40.3 Å².